The van der Waals surface area contributed by atoms with Gasteiger partial charge in [0.1, 0.15) is 19.5 Å². The second-order valence-electron chi connectivity index (χ2n) is 8.90. The van der Waals surface area contributed by atoms with Gasteiger partial charge in [0.05, 0.1) is 11.4 Å². The van der Waals surface area contributed by atoms with Crippen molar-refractivity contribution < 1.29 is 0 Å². The van der Waals surface area contributed by atoms with Gasteiger partial charge < -0.3 is 0 Å². The highest BCUT2D eigenvalue weighted by Gasteiger charge is 2.41. The summed E-state index contributed by atoms with van der Waals surface area (Å²) in [6.07, 6.45) is 13.2. The quantitative estimate of drug-likeness (QED) is 0.326. The fraction of sp³-hybridized carbons (Fsp3) is 0.714. The maximum absolute atomic E-state index is 5.55. The lowest BCUT2D eigenvalue weighted by Crippen LogP contribution is -2.49. The van der Waals surface area contributed by atoms with Gasteiger partial charge in [-0.25, -0.2) is 4.67 Å². The van der Waals surface area contributed by atoms with Crippen LogP contribution >= 0.6 is 19.5 Å². The molecule has 172 valence electrons. The van der Waals surface area contributed by atoms with Crippen LogP contribution in [-0.4, -0.2) is 22.8 Å². The highest BCUT2D eigenvalue weighted by atomic mass is 32.3. The molecule has 1 aliphatic heterocycles. The second-order valence-corrected chi connectivity index (χ2v) is 14.6. The molecule has 0 aromatic heterocycles. The Morgan fingerprint density at radius 2 is 1.61 bits per heavy atom. The third-order valence-electron chi connectivity index (χ3n) is 6.24. The summed E-state index contributed by atoms with van der Waals surface area (Å²) in [5.74, 6) is 0. The van der Waals surface area contributed by atoms with E-state index < -0.39 is 18.4 Å². The summed E-state index contributed by atoms with van der Waals surface area (Å²) in [4.78, 5) is 0. The van der Waals surface area contributed by atoms with Crippen LogP contribution in [0.3, 0.4) is 0 Å². The number of nitrogens with zero attached hydrogens (tertiary/aromatic N) is 5. The van der Waals surface area contributed by atoms with Crippen LogP contribution < -0.4 is 10.4 Å². The highest BCUT2D eigenvalue weighted by molar-refractivity contribution is 8.09. The van der Waals surface area contributed by atoms with E-state index in [-0.39, 0.29) is 0 Å². The molecule has 2 aliphatic carbocycles. The van der Waals surface area contributed by atoms with Gasteiger partial charge >= 0.3 is 0 Å². The first-order valence-electron chi connectivity index (χ1n) is 11.6. The van der Waals surface area contributed by atoms with Crippen molar-refractivity contribution in [2.75, 3.05) is 0 Å². The van der Waals surface area contributed by atoms with Crippen LogP contribution in [0.5, 0.6) is 0 Å². The Balaban J connectivity index is 1.92. The number of nitrogens with one attached hydrogen (secondary N) is 1. The fourth-order valence-corrected chi connectivity index (χ4v) is 12.5. The minimum absolute atomic E-state index is 0.324. The van der Waals surface area contributed by atoms with Crippen molar-refractivity contribution in [3.8, 4) is 0 Å². The summed E-state index contributed by atoms with van der Waals surface area (Å²) in [7, 11) is -2.26. The molecule has 1 heterocycles. The lowest BCUT2D eigenvalue weighted by Gasteiger charge is -2.49. The van der Waals surface area contributed by atoms with Crippen molar-refractivity contribution in [1.82, 2.24) is 9.76 Å². The van der Waals surface area contributed by atoms with Crippen LogP contribution in [0.1, 0.15) is 78.1 Å². The Labute approximate surface area is 198 Å². The fourth-order valence-electron chi connectivity index (χ4n) is 5.10. The van der Waals surface area contributed by atoms with Gasteiger partial charge in [0.15, 0.2) is 11.1 Å². The summed E-state index contributed by atoms with van der Waals surface area (Å²) in [5, 5.41) is 5.37. The minimum Gasteiger partial charge on any atom is -0.265 e. The number of hydrogen-bond donors (Lipinski definition) is 1. The predicted octanol–water partition coefficient (Wildman–Crippen LogP) is 6.97. The van der Waals surface area contributed by atoms with E-state index in [4.69, 9.17) is 4.15 Å². The molecule has 2 atom stereocenters. The summed E-state index contributed by atoms with van der Waals surface area (Å²) in [6, 6.07) is 12.5. The molecule has 4 rings (SSSR count). The average Bonchev–Trinajstić information content (AvgIpc) is 2.81. The zero-order valence-electron chi connectivity index (χ0n) is 18.6. The van der Waals surface area contributed by atoms with E-state index in [2.05, 4.69) is 65.2 Å². The zero-order chi connectivity index (χ0) is 21.5. The van der Waals surface area contributed by atoms with Crippen molar-refractivity contribution in [2.45, 2.75) is 96.2 Å². The zero-order valence-corrected chi connectivity index (χ0v) is 21.9. The lowest BCUT2D eigenvalue weighted by molar-refractivity contribution is 0.174. The molecule has 1 N–H and O–H groups in total. The van der Waals surface area contributed by atoms with Gasteiger partial charge in [-0.05, 0) is 39.5 Å². The van der Waals surface area contributed by atoms with Crippen LogP contribution in [0.15, 0.2) is 45.8 Å². The molecule has 1 aromatic carbocycles. The van der Waals surface area contributed by atoms with Gasteiger partial charge in [-0.15, -0.1) is 11.3 Å². The maximum atomic E-state index is 5.55. The van der Waals surface area contributed by atoms with Crippen LogP contribution in [0.25, 0.3) is 0 Å². The smallest absolute Gasteiger partial charge is 0.167 e. The van der Waals surface area contributed by atoms with Crippen molar-refractivity contribution in [2.24, 2.45) is 15.5 Å². The van der Waals surface area contributed by atoms with Crippen molar-refractivity contribution >= 4 is 47.2 Å². The van der Waals surface area contributed by atoms with Crippen LogP contribution in [0.4, 0.5) is 0 Å². The Hall–Kier alpha value is -0.310. The molecule has 0 spiro atoms. The molecule has 3 aliphatic rings. The highest BCUT2D eigenvalue weighted by Crippen LogP contribution is 2.55. The van der Waals surface area contributed by atoms with Crippen LogP contribution in [0.2, 0.25) is 0 Å². The van der Waals surface area contributed by atoms with Gasteiger partial charge in [0.25, 0.3) is 0 Å². The summed E-state index contributed by atoms with van der Waals surface area (Å²) < 4.78 is 21.8. The molecule has 0 amide bonds. The molecule has 0 radical (unpaired) electrons. The normalized spacial score (nSPS) is 25.1. The molecular weight excluding hydrogens is 463 g/mol. The van der Waals surface area contributed by atoms with Gasteiger partial charge in [0, 0.05) is 23.4 Å². The van der Waals surface area contributed by atoms with E-state index in [1.165, 1.54) is 93.0 Å². The Bertz CT molecular complexity index is 854. The minimum atomic E-state index is -2.26. The largest absolute Gasteiger partial charge is 0.265 e. The number of hydrogen-bond acceptors (Lipinski definition) is 5. The van der Waals surface area contributed by atoms with Gasteiger partial charge in [-0.2, -0.15) is 4.15 Å². The molecule has 0 bridgehead atoms. The maximum Gasteiger partial charge on any atom is 0.167 e. The first kappa shape index (κ1) is 23.8. The topological polar surface area (TPSA) is 64.7 Å². The Morgan fingerprint density at radius 1 is 1.00 bits per heavy atom. The Morgan fingerprint density at radius 3 is 2.13 bits per heavy atom. The molecule has 6 nitrogen and oxygen atoms in total. The van der Waals surface area contributed by atoms with Gasteiger partial charge in [0.2, 0.25) is 0 Å². The molecule has 31 heavy (non-hydrogen) atoms. The summed E-state index contributed by atoms with van der Waals surface area (Å²) >= 11 is 1.79. The van der Waals surface area contributed by atoms with Gasteiger partial charge in [-0.1, -0.05) is 68.9 Å². The van der Waals surface area contributed by atoms with E-state index in [0.717, 1.165) is 0 Å². The molecule has 10 heteroatoms. The van der Waals surface area contributed by atoms with Gasteiger partial charge in [-0.3, -0.25) is 5.09 Å². The van der Waals surface area contributed by atoms with Crippen molar-refractivity contribution in [3.05, 3.63) is 30.3 Å². The van der Waals surface area contributed by atoms with E-state index in [1.807, 2.05) is 0 Å². The van der Waals surface area contributed by atoms with Crippen LogP contribution in [-0.2, 0) is 22.4 Å². The van der Waals surface area contributed by atoms with Crippen molar-refractivity contribution in [1.29, 1.82) is 0 Å². The standard InChI is InChI=1S/C21H35N6PS3/c1-18(2)22-28(21-16-10-5-11-17-21,23-31-25-29-24-30-26-31)27(19-12-6-3-7-13-19)20-14-8-4-9-15-20/h5,10-11,16-20,22H,3-4,6-9,12-15H2,1-2H3. The first-order chi connectivity index (χ1) is 15.2. The third kappa shape index (κ3) is 5.98. The Kier molecular flexibility index (Phi) is 9.00. The molecule has 0 saturated heterocycles. The number of rotatable bonds is 7. The number of benzene rings is 1. The van der Waals surface area contributed by atoms with Crippen LogP contribution in [0, 0.1) is 0 Å². The third-order valence-corrected chi connectivity index (χ3v) is 13.1. The lowest BCUT2D eigenvalue weighted by atomic mass is 9.91. The van der Waals surface area contributed by atoms with E-state index in [0.29, 0.717) is 18.1 Å². The SMILES string of the molecule is CC(C)NP(=NS1=NSN=S=N1)(c1ccccc1)N(C1CCCCC1)C1CCCCC1. The molecular formula is C21H35N6PS3. The second kappa shape index (κ2) is 11.7. The molecule has 2 unspecified atom stereocenters. The average molecular weight is 499 g/mol. The molecule has 1 aromatic rings. The predicted molar refractivity (Wildman–Crippen MR) is 139 cm³/mol. The van der Waals surface area contributed by atoms with E-state index >= 15 is 0 Å². The monoisotopic (exact) mass is 498 g/mol. The molecule has 2 saturated carbocycles. The summed E-state index contributed by atoms with van der Waals surface area (Å²) in [6.45, 7) is 4.51. The first-order valence-corrected chi connectivity index (χ1v) is 15.9. The summed E-state index contributed by atoms with van der Waals surface area (Å²) in [5.41, 5.74) is 0. The van der Waals surface area contributed by atoms with E-state index in [1.54, 1.807) is 0 Å². The van der Waals surface area contributed by atoms with E-state index in [9.17, 15) is 0 Å². The molecule has 2 fully saturated rings. The van der Waals surface area contributed by atoms with Crippen molar-refractivity contribution in [3.63, 3.8) is 0 Å².